The number of hydrogen-bond donors (Lipinski definition) is 1. The van der Waals surface area contributed by atoms with Gasteiger partial charge in [0, 0.05) is 25.1 Å². The molecule has 1 aliphatic rings. The maximum Gasteiger partial charge on any atom is 0.0847 e. The molecule has 4 nitrogen and oxygen atoms in total. The van der Waals surface area contributed by atoms with Gasteiger partial charge in [-0.1, -0.05) is 18.5 Å². The van der Waals surface area contributed by atoms with E-state index in [0.29, 0.717) is 0 Å². The summed E-state index contributed by atoms with van der Waals surface area (Å²) >= 11 is 6.46. The minimum absolute atomic E-state index is 0.150. The second-order valence-electron chi connectivity index (χ2n) is 5.78. The van der Waals surface area contributed by atoms with Crippen molar-refractivity contribution in [2.24, 2.45) is 5.41 Å². The van der Waals surface area contributed by atoms with Crippen molar-refractivity contribution in [2.75, 3.05) is 26.3 Å². The van der Waals surface area contributed by atoms with Crippen LogP contribution in [0.5, 0.6) is 0 Å². The molecule has 2 heterocycles. The maximum atomic E-state index is 6.46. The Hall–Kier alpha value is -0.580. The lowest BCUT2D eigenvalue weighted by molar-refractivity contribution is -0.00787. The second kappa shape index (κ2) is 6.92. The van der Waals surface area contributed by atoms with Crippen LogP contribution in [0, 0.1) is 12.3 Å². The quantitative estimate of drug-likeness (QED) is 0.878. The first kappa shape index (κ1) is 15.8. The van der Waals surface area contributed by atoms with E-state index in [1.54, 1.807) is 0 Å². The van der Waals surface area contributed by atoms with Gasteiger partial charge in [-0.3, -0.25) is 4.68 Å². The zero-order valence-electron chi connectivity index (χ0n) is 12.8. The van der Waals surface area contributed by atoms with Crippen molar-refractivity contribution in [2.45, 2.75) is 46.6 Å². The van der Waals surface area contributed by atoms with E-state index in [2.05, 4.69) is 24.3 Å². The summed E-state index contributed by atoms with van der Waals surface area (Å²) in [6, 6.07) is 0. The van der Waals surface area contributed by atoms with Gasteiger partial charge in [-0.15, -0.1) is 0 Å². The molecule has 1 atom stereocenters. The first-order valence-electron chi connectivity index (χ1n) is 7.62. The minimum Gasteiger partial charge on any atom is -0.381 e. The van der Waals surface area contributed by atoms with E-state index in [9.17, 15) is 0 Å². The lowest BCUT2D eigenvalue weighted by atomic mass is 9.78. The summed E-state index contributed by atoms with van der Waals surface area (Å²) < 4.78 is 7.80. The average Bonchev–Trinajstić information content (AvgIpc) is 2.74. The van der Waals surface area contributed by atoms with Crippen LogP contribution in [-0.2, 0) is 17.7 Å². The van der Waals surface area contributed by atoms with Crippen LogP contribution in [0.2, 0.25) is 5.02 Å². The van der Waals surface area contributed by atoms with Gasteiger partial charge in [0.25, 0.3) is 0 Å². The summed E-state index contributed by atoms with van der Waals surface area (Å²) in [6.45, 7) is 10.8. The summed E-state index contributed by atoms with van der Waals surface area (Å²) in [4.78, 5) is 0. The lowest BCUT2D eigenvalue weighted by Gasteiger charge is -2.37. The van der Waals surface area contributed by atoms with E-state index in [1.807, 2.05) is 11.6 Å². The molecule has 1 aliphatic heterocycles. The molecular formula is C15H26ClN3O. The van der Waals surface area contributed by atoms with E-state index in [1.165, 1.54) is 6.42 Å². The molecule has 1 aromatic rings. The third-order valence-corrected chi connectivity index (χ3v) is 4.64. The van der Waals surface area contributed by atoms with Crippen molar-refractivity contribution in [1.29, 1.82) is 0 Å². The van der Waals surface area contributed by atoms with Crippen molar-refractivity contribution >= 4 is 11.6 Å². The Morgan fingerprint density at radius 3 is 2.85 bits per heavy atom. The molecule has 20 heavy (non-hydrogen) atoms. The van der Waals surface area contributed by atoms with Crippen LogP contribution < -0.4 is 5.32 Å². The number of halogens is 1. The lowest BCUT2D eigenvalue weighted by Crippen LogP contribution is -2.43. The van der Waals surface area contributed by atoms with Crippen LogP contribution in [0.4, 0.5) is 0 Å². The largest absolute Gasteiger partial charge is 0.381 e. The van der Waals surface area contributed by atoms with Gasteiger partial charge in [-0.2, -0.15) is 5.10 Å². The van der Waals surface area contributed by atoms with Crippen molar-refractivity contribution < 1.29 is 4.74 Å². The van der Waals surface area contributed by atoms with E-state index >= 15 is 0 Å². The van der Waals surface area contributed by atoms with Crippen molar-refractivity contribution in [1.82, 2.24) is 15.1 Å². The van der Waals surface area contributed by atoms with Crippen LogP contribution in [0.1, 0.15) is 38.1 Å². The standard InChI is InChI=1S/C15H26ClN3O/c1-4-17-10-15(7-6-8-20-11-15)9-13-14(16)12(3)18-19(13)5-2/h17H,4-11H2,1-3H3. The van der Waals surface area contributed by atoms with Crippen LogP contribution in [0.25, 0.3) is 0 Å². The van der Waals surface area contributed by atoms with Gasteiger partial charge in [0.05, 0.1) is 23.0 Å². The first-order chi connectivity index (χ1) is 9.62. The van der Waals surface area contributed by atoms with Gasteiger partial charge in [-0.25, -0.2) is 0 Å². The SMILES string of the molecule is CCNCC1(Cc2c(Cl)c(C)nn2CC)CCCOC1. The smallest absolute Gasteiger partial charge is 0.0847 e. The molecule has 2 rings (SSSR count). The Labute approximate surface area is 126 Å². The van der Waals surface area contributed by atoms with Gasteiger partial charge >= 0.3 is 0 Å². The monoisotopic (exact) mass is 299 g/mol. The summed E-state index contributed by atoms with van der Waals surface area (Å²) in [5.41, 5.74) is 2.24. The highest BCUT2D eigenvalue weighted by Gasteiger charge is 2.35. The minimum atomic E-state index is 0.150. The van der Waals surface area contributed by atoms with Crippen molar-refractivity contribution in [3.63, 3.8) is 0 Å². The van der Waals surface area contributed by atoms with Crippen LogP contribution >= 0.6 is 11.6 Å². The molecule has 1 saturated heterocycles. The third-order valence-electron chi connectivity index (χ3n) is 4.15. The van der Waals surface area contributed by atoms with E-state index in [4.69, 9.17) is 16.3 Å². The molecule has 1 aromatic heterocycles. The van der Waals surface area contributed by atoms with E-state index in [-0.39, 0.29) is 5.41 Å². The van der Waals surface area contributed by atoms with Crippen molar-refractivity contribution in [3.05, 3.63) is 16.4 Å². The average molecular weight is 300 g/mol. The highest BCUT2D eigenvalue weighted by atomic mass is 35.5. The summed E-state index contributed by atoms with van der Waals surface area (Å²) in [7, 11) is 0. The Morgan fingerprint density at radius 1 is 1.45 bits per heavy atom. The van der Waals surface area contributed by atoms with Gasteiger partial charge in [0.15, 0.2) is 0 Å². The highest BCUT2D eigenvalue weighted by molar-refractivity contribution is 6.31. The molecule has 0 aliphatic carbocycles. The van der Waals surface area contributed by atoms with Gasteiger partial charge in [0.1, 0.15) is 0 Å². The summed E-state index contributed by atoms with van der Waals surface area (Å²) in [5.74, 6) is 0. The Kier molecular flexibility index (Phi) is 5.47. The molecule has 1 N–H and O–H groups in total. The molecule has 0 radical (unpaired) electrons. The number of ether oxygens (including phenoxy) is 1. The molecule has 0 amide bonds. The molecule has 1 unspecified atom stereocenters. The van der Waals surface area contributed by atoms with Gasteiger partial charge in [0.2, 0.25) is 0 Å². The normalized spacial score (nSPS) is 23.2. The van der Waals surface area contributed by atoms with Crippen molar-refractivity contribution in [3.8, 4) is 0 Å². The summed E-state index contributed by atoms with van der Waals surface area (Å²) in [5, 5.41) is 8.85. The zero-order valence-corrected chi connectivity index (χ0v) is 13.6. The summed E-state index contributed by atoms with van der Waals surface area (Å²) in [6.07, 6.45) is 3.25. The molecule has 5 heteroatoms. The predicted octanol–water partition coefficient (Wildman–Crippen LogP) is 2.81. The second-order valence-corrected chi connectivity index (χ2v) is 6.15. The van der Waals surface area contributed by atoms with E-state index < -0.39 is 0 Å². The van der Waals surface area contributed by atoms with Gasteiger partial charge < -0.3 is 10.1 Å². The topological polar surface area (TPSA) is 39.1 Å². The molecule has 0 saturated carbocycles. The maximum absolute atomic E-state index is 6.46. The highest BCUT2D eigenvalue weighted by Crippen LogP contribution is 2.35. The van der Waals surface area contributed by atoms with E-state index in [0.717, 1.165) is 62.1 Å². The number of rotatable bonds is 6. The number of aryl methyl sites for hydroxylation is 2. The number of hydrogen-bond acceptors (Lipinski definition) is 3. The van der Waals surface area contributed by atoms with Crippen LogP contribution in [0.3, 0.4) is 0 Å². The molecule has 0 spiro atoms. The predicted molar refractivity (Wildman–Crippen MR) is 82.4 cm³/mol. The van der Waals surface area contributed by atoms with Crippen LogP contribution in [-0.4, -0.2) is 36.1 Å². The molecule has 1 fully saturated rings. The molecule has 0 aromatic carbocycles. The van der Waals surface area contributed by atoms with Gasteiger partial charge in [-0.05, 0) is 39.7 Å². The Balaban J connectivity index is 2.22. The Bertz CT molecular complexity index is 439. The number of nitrogens with one attached hydrogen (secondary N) is 1. The fourth-order valence-corrected chi connectivity index (χ4v) is 3.24. The fraction of sp³-hybridized carbons (Fsp3) is 0.800. The molecule has 114 valence electrons. The number of aromatic nitrogens is 2. The number of nitrogens with zero attached hydrogens (tertiary/aromatic N) is 2. The zero-order chi connectivity index (χ0) is 14.6. The molecular weight excluding hydrogens is 274 g/mol. The fourth-order valence-electron chi connectivity index (χ4n) is 3.03. The molecule has 0 bridgehead atoms. The first-order valence-corrected chi connectivity index (χ1v) is 8.00. The third kappa shape index (κ3) is 3.35. The Morgan fingerprint density at radius 2 is 2.25 bits per heavy atom. The van der Waals surface area contributed by atoms with Crippen LogP contribution in [0.15, 0.2) is 0 Å².